The number of fused-ring (bicyclic) bond motifs is 1. The van der Waals surface area contributed by atoms with Crippen molar-refractivity contribution < 1.29 is 22.8 Å². The van der Waals surface area contributed by atoms with Crippen LogP contribution in [0.25, 0.3) is 11.3 Å². The fourth-order valence-corrected chi connectivity index (χ4v) is 3.96. The van der Waals surface area contributed by atoms with Crippen molar-refractivity contribution in [3.05, 3.63) is 70.4 Å². The Kier molecular flexibility index (Phi) is 5.91. The van der Waals surface area contributed by atoms with E-state index in [2.05, 4.69) is 25.8 Å². The minimum Gasteiger partial charge on any atom is -0.350 e. The number of nitrogens with zero attached hydrogens (tertiary/aromatic N) is 5. The standard InChI is InChI=1S/C23H19ClF3N7O2/c1-12-9-14-6-8-30-33(14)19(22(36)29-11-13-4-5-13)18(12)31-21(35)16-10-17(23(25,26)27)32-34(16)20-15(24)3-2-7-28-20/h2-3,6-10,13H,4-5,11H2,1H3,(H,29,36)(H,31,35). The summed E-state index contributed by atoms with van der Waals surface area (Å²) in [5.74, 6) is -1.15. The second-order valence-corrected chi connectivity index (χ2v) is 8.87. The highest BCUT2D eigenvalue weighted by molar-refractivity contribution is 6.32. The summed E-state index contributed by atoms with van der Waals surface area (Å²) in [7, 11) is 0. The highest BCUT2D eigenvalue weighted by Gasteiger charge is 2.37. The number of hydrogen-bond acceptors (Lipinski definition) is 5. The van der Waals surface area contributed by atoms with Crippen molar-refractivity contribution in [2.45, 2.75) is 25.9 Å². The topological polar surface area (TPSA) is 106 Å². The minimum atomic E-state index is -4.82. The Morgan fingerprint density at radius 2 is 1.94 bits per heavy atom. The zero-order valence-corrected chi connectivity index (χ0v) is 19.6. The predicted molar refractivity (Wildman–Crippen MR) is 124 cm³/mol. The van der Waals surface area contributed by atoms with E-state index in [1.807, 2.05) is 0 Å². The molecule has 4 heterocycles. The molecule has 186 valence electrons. The first-order valence-corrected chi connectivity index (χ1v) is 11.4. The normalized spacial score (nSPS) is 13.7. The average molecular weight is 518 g/mol. The SMILES string of the molecule is Cc1cc2ccnn2c(C(=O)NCC2CC2)c1NC(=O)c1cc(C(F)(F)F)nn1-c1ncccc1Cl. The zero-order chi connectivity index (χ0) is 25.6. The molecule has 1 aliphatic carbocycles. The van der Waals surface area contributed by atoms with Gasteiger partial charge in [-0.2, -0.15) is 23.4 Å². The van der Waals surface area contributed by atoms with Crippen molar-refractivity contribution in [1.82, 2.24) is 29.7 Å². The van der Waals surface area contributed by atoms with Crippen LogP contribution in [-0.2, 0) is 6.18 Å². The summed E-state index contributed by atoms with van der Waals surface area (Å²) in [6, 6.07) is 6.92. The van der Waals surface area contributed by atoms with Gasteiger partial charge >= 0.3 is 6.18 Å². The van der Waals surface area contributed by atoms with E-state index in [0.29, 0.717) is 29.6 Å². The number of carbonyl (C=O) groups is 2. The van der Waals surface area contributed by atoms with Crippen molar-refractivity contribution in [3.8, 4) is 5.82 Å². The van der Waals surface area contributed by atoms with Gasteiger partial charge in [-0.3, -0.25) is 9.59 Å². The van der Waals surface area contributed by atoms with Crippen LogP contribution in [-0.4, -0.2) is 42.7 Å². The predicted octanol–water partition coefficient (Wildman–Crippen LogP) is 4.29. The molecule has 1 aliphatic rings. The molecule has 0 aromatic carbocycles. The smallest absolute Gasteiger partial charge is 0.350 e. The lowest BCUT2D eigenvalue weighted by molar-refractivity contribution is -0.141. The fraction of sp³-hybridized carbons (Fsp3) is 0.261. The highest BCUT2D eigenvalue weighted by atomic mass is 35.5. The van der Waals surface area contributed by atoms with Crippen molar-refractivity contribution in [2.24, 2.45) is 5.92 Å². The monoisotopic (exact) mass is 517 g/mol. The number of pyridine rings is 2. The molecule has 0 saturated heterocycles. The Bertz CT molecular complexity index is 1490. The Balaban J connectivity index is 1.58. The van der Waals surface area contributed by atoms with E-state index < -0.39 is 29.4 Å². The van der Waals surface area contributed by atoms with E-state index in [0.717, 1.165) is 17.5 Å². The second-order valence-electron chi connectivity index (χ2n) is 8.46. The van der Waals surface area contributed by atoms with Gasteiger partial charge in [0.1, 0.15) is 5.69 Å². The van der Waals surface area contributed by atoms with Crippen LogP contribution in [0.4, 0.5) is 18.9 Å². The number of carbonyl (C=O) groups excluding carboxylic acids is 2. The third-order valence-corrected chi connectivity index (χ3v) is 6.05. The first kappa shape index (κ1) is 23.8. The maximum Gasteiger partial charge on any atom is 0.435 e. The van der Waals surface area contributed by atoms with Gasteiger partial charge in [-0.15, -0.1) is 0 Å². The van der Waals surface area contributed by atoms with Gasteiger partial charge in [-0.25, -0.2) is 14.2 Å². The number of rotatable bonds is 6. The van der Waals surface area contributed by atoms with Gasteiger partial charge in [-0.1, -0.05) is 11.6 Å². The Hall–Kier alpha value is -3.93. The lowest BCUT2D eigenvalue weighted by atomic mass is 10.1. The van der Waals surface area contributed by atoms with Crippen molar-refractivity contribution in [1.29, 1.82) is 0 Å². The van der Waals surface area contributed by atoms with Crippen LogP contribution < -0.4 is 10.6 Å². The van der Waals surface area contributed by atoms with Gasteiger partial charge in [0.2, 0.25) is 0 Å². The number of hydrogen-bond donors (Lipinski definition) is 2. The highest BCUT2D eigenvalue weighted by Crippen LogP contribution is 2.32. The molecular weight excluding hydrogens is 499 g/mol. The summed E-state index contributed by atoms with van der Waals surface area (Å²) in [5.41, 5.74) is -0.458. The molecule has 0 atom stereocenters. The van der Waals surface area contributed by atoms with E-state index in [-0.39, 0.29) is 22.2 Å². The number of anilines is 1. The largest absolute Gasteiger partial charge is 0.435 e. The molecule has 0 aliphatic heterocycles. The molecule has 0 spiro atoms. The van der Waals surface area contributed by atoms with E-state index in [1.54, 1.807) is 19.1 Å². The molecule has 0 bridgehead atoms. The number of aromatic nitrogens is 5. The van der Waals surface area contributed by atoms with Crippen LogP contribution in [0.5, 0.6) is 0 Å². The zero-order valence-electron chi connectivity index (χ0n) is 18.8. The molecule has 13 heteroatoms. The quantitative estimate of drug-likeness (QED) is 0.397. The van der Waals surface area contributed by atoms with Gasteiger partial charge < -0.3 is 10.6 Å². The third-order valence-electron chi connectivity index (χ3n) is 5.75. The number of alkyl halides is 3. The molecule has 5 rings (SSSR count). The molecule has 1 fully saturated rings. The average Bonchev–Trinajstić information content (AvgIpc) is 3.34. The van der Waals surface area contributed by atoms with Crippen LogP contribution in [0.3, 0.4) is 0 Å². The lowest BCUT2D eigenvalue weighted by Gasteiger charge is -2.16. The molecule has 9 nitrogen and oxygen atoms in total. The first-order valence-electron chi connectivity index (χ1n) is 11.0. The summed E-state index contributed by atoms with van der Waals surface area (Å²) in [5, 5.41) is 13.2. The van der Waals surface area contributed by atoms with Crippen LogP contribution in [0.2, 0.25) is 5.02 Å². The van der Waals surface area contributed by atoms with Crippen LogP contribution in [0.1, 0.15) is 45.1 Å². The molecule has 2 amide bonds. The van der Waals surface area contributed by atoms with Crippen LogP contribution >= 0.6 is 11.6 Å². The number of amides is 2. The van der Waals surface area contributed by atoms with Crippen molar-refractivity contribution >= 4 is 34.6 Å². The molecular formula is C23H19ClF3N7O2. The van der Waals surface area contributed by atoms with Gasteiger partial charge in [0, 0.05) is 18.8 Å². The number of aryl methyl sites for hydroxylation is 1. The van der Waals surface area contributed by atoms with Gasteiger partial charge in [0.05, 0.1) is 22.4 Å². The summed E-state index contributed by atoms with van der Waals surface area (Å²) in [4.78, 5) is 30.5. The summed E-state index contributed by atoms with van der Waals surface area (Å²) >= 11 is 6.13. The summed E-state index contributed by atoms with van der Waals surface area (Å²) < 4.78 is 42.6. The molecule has 0 radical (unpaired) electrons. The van der Waals surface area contributed by atoms with Gasteiger partial charge in [0.15, 0.2) is 17.2 Å². The van der Waals surface area contributed by atoms with Crippen molar-refractivity contribution in [3.63, 3.8) is 0 Å². The van der Waals surface area contributed by atoms with E-state index in [4.69, 9.17) is 11.6 Å². The van der Waals surface area contributed by atoms with Crippen molar-refractivity contribution in [2.75, 3.05) is 11.9 Å². The Labute approximate surface area is 207 Å². The minimum absolute atomic E-state index is 0.00217. The molecule has 4 aromatic heterocycles. The maximum atomic E-state index is 13.5. The van der Waals surface area contributed by atoms with Gasteiger partial charge in [-0.05, 0) is 55.5 Å². The van der Waals surface area contributed by atoms with Crippen LogP contribution in [0, 0.1) is 12.8 Å². The Morgan fingerprint density at radius 3 is 2.64 bits per heavy atom. The lowest BCUT2D eigenvalue weighted by Crippen LogP contribution is -2.30. The molecule has 4 aromatic rings. The first-order chi connectivity index (χ1) is 17.1. The summed E-state index contributed by atoms with van der Waals surface area (Å²) in [6.07, 6.45) is 0.0496. The Morgan fingerprint density at radius 1 is 1.17 bits per heavy atom. The second kappa shape index (κ2) is 8.94. The third kappa shape index (κ3) is 4.51. The molecule has 0 unspecified atom stereocenters. The number of halogens is 4. The van der Waals surface area contributed by atoms with E-state index in [9.17, 15) is 22.8 Å². The number of nitrogens with one attached hydrogen (secondary N) is 2. The summed E-state index contributed by atoms with van der Waals surface area (Å²) in [6.45, 7) is 2.15. The van der Waals surface area contributed by atoms with Crippen LogP contribution in [0.15, 0.2) is 42.7 Å². The molecule has 2 N–H and O–H groups in total. The molecule has 36 heavy (non-hydrogen) atoms. The van der Waals surface area contributed by atoms with Gasteiger partial charge in [0.25, 0.3) is 11.8 Å². The van der Waals surface area contributed by atoms with E-state index >= 15 is 0 Å². The molecule has 1 saturated carbocycles. The maximum absolute atomic E-state index is 13.5. The fourth-order valence-electron chi connectivity index (χ4n) is 3.76. The van der Waals surface area contributed by atoms with E-state index in [1.165, 1.54) is 29.0 Å².